The van der Waals surface area contributed by atoms with Crippen molar-refractivity contribution >= 4 is 5.97 Å². The number of pyridine rings is 2. The van der Waals surface area contributed by atoms with Crippen LogP contribution >= 0.6 is 0 Å². The molecule has 0 aliphatic carbocycles. The Bertz CT molecular complexity index is 828. The number of aliphatic hydroxyl groups is 1. The number of rotatable bonds is 10. The first-order chi connectivity index (χ1) is 13.7. The summed E-state index contributed by atoms with van der Waals surface area (Å²) >= 11 is 0. The Morgan fingerprint density at radius 3 is 2.21 bits per heavy atom. The Kier molecular flexibility index (Phi) is 7.53. The van der Waals surface area contributed by atoms with E-state index in [9.17, 15) is 15.0 Å². The summed E-state index contributed by atoms with van der Waals surface area (Å²) in [5.41, 5.74) is 1.47. The normalized spacial score (nSPS) is 13.3. The fraction of sp³-hybridized carbons (Fsp3) is 0.542. The van der Waals surface area contributed by atoms with Crippen LogP contribution in [-0.2, 0) is 10.8 Å². The Balaban J connectivity index is 2.51. The van der Waals surface area contributed by atoms with E-state index < -0.39 is 17.5 Å². The van der Waals surface area contributed by atoms with E-state index in [0.717, 1.165) is 30.7 Å². The topological polar surface area (TPSA) is 83.3 Å². The van der Waals surface area contributed by atoms with Crippen molar-refractivity contribution in [2.24, 2.45) is 0 Å². The van der Waals surface area contributed by atoms with E-state index in [4.69, 9.17) is 4.98 Å². The Morgan fingerprint density at radius 2 is 1.62 bits per heavy atom. The second-order valence-corrected chi connectivity index (χ2v) is 8.41. The minimum Gasteiger partial charge on any atom is -0.477 e. The third kappa shape index (κ3) is 4.84. The number of unbranched alkanes of at least 4 members (excludes halogenated alkanes) is 1. The number of aromatic carboxylic acids is 1. The zero-order valence-electron chi connectivity index (χ0n) is 18.3. The van der Waals surface area contributed by atoms with Gasteiger partial charge in [-0.2, -0.15) is 0 Å². The van der Waals surface area contributed by atoms with Crippen molar-refractivity contribution < 1.29 is 15.0 Å². The third-order valence-corrected chi connectivity index (χ3v) is 6.16. The molecule has 0 saturated carbocycles. The van der Waals surface area contributed by atoms with Crippen LogP contribution in [0.3, 0.4) is 0 Å². The molecule has 29 heavy (non-hydrogen) atoms. The van der Waals surface area contributed by atoms with Crippen molar-refractivity contribution in [3.05, 3.63) is 59.2 Å². The van der Waals surface area contributed by atoms with Gasteiger partial charge in [-0.1, -0.05) is 59.6 Å². The molecule has 0 spiro atoms. The number of carboxylic acid groups (broad SMARTS) is 1. The molecule has 1 atom stereocenters. The number of hydrogen-bond acceptors (Lipinski definition) is 4. The average molecular weight is 399 g/mol. The van der Waals surface area contributed by atoms with Crippen LogP contribution in [0.4, 0.5) is 0 Å². The minimum atomic E-state index is -1.10. The van der Waals surface area contributed by atoms with Crippen LogP contribution < -0.4 is 0 Å². The van der Waals surface area contributed by atoms with E-state index in [-0.39, 0.29) is 11.1 Å². The molecule has 0 amide bonds. The van der Waals surface area contributed by atoms with E-state index in [1.165, 1.54) is 6.07 Å². The van der Waals surface area contributed by atoms with Crippen LogP contribution in [-0.4, -0.2) is 26.2 Å². The second kappa shape index (κ2) is 9.49. The van der Waals surface area contributed by atoms with Gasteiger partial charge in [-0.3, -0.25) is 4.98 Å². The molecule has 0 bridgehead atoms. The van der Waals surface area contributed by atoms with Gasteiger partial charge in [0, 0.05) is 22.2 Å². The molecule has 158 valence electrons. The summed E-state index contributed by atoms with van der Waals surface area (Å²) < 4.78 is 0. The van der Waals surface area contributed by atoms with Crippen molar-refractivity contribution in [2.45, 2.75) is 83.7 Å². The lowest BCUT2D eigenvalue weighted by atomic mass is 9.72. The maximum absolute atomic E-state index is 11.3. The van der Waals surface area contributed by atoms with Crippen molar-refractivity contribution in [1.82, 2.24) is 9.97 Å². The molecular formula is C24H34N2O3. The molecular weight excluding hydrogens is 364 g/mol. The molecule has 0 saturated heterocycles. The van der Waals surface area contributed by atoms with E-state index in [0.29, 0.717) is 18.5 Å². The van der Waals surface area contributed by atoms with Gasteiger partial charge in [0.1, 0.15) is 11.8 Å². The van der Waals surface area contributed by atoms with Crippen molar-refractivity contribution in [3.8, 4) is 0 Å². The molecule has 2 rings (SSSR count). The number of nitrogens with zero attached hydrogens (tertiary/aromatic N) is 2. The van der Waals surface area contributed by atoms with Crippen molar-refractivity contribution in [1.29, 1.82) is 0 Å². The maximum Gasteiger partial charge on any atom is 0.354 e. The molecule has 2 N–H and O–H groups in total. The van der Waals surface area contributed by atoms with Gasteiger partial charge < -0.3 is 10.2 Å². The smallest absolute Gasteiger partial charge is 0.354 e. The van der Waals surface area contributed by atoms with Gasteiger partial charge in [-0.05, 0) is 43.5 Å². The first-order valence-electron chi connectivity index (χ1n) is 10.6. The zero-order chi connectivity index (χ0) is 21.7. The summed E-state index contributed by atoms with van der Waals surface area (Å²) in [5, 5.41) is 20.6. The lowest BCUT2D eigenvalue weighted by molar-refractivity contribution is 0.0638. The molecule has 0 aromatic carbocycles. The number of carboxylic acids is 1. The predicted octanol–water partition coefficient (Wildman–Crippen LogP) is 5.43. The summed E-state index contributed by atoms with van der Waals surface area (Å²) in [6, 6.07) is 10.8. The second-order valence-electron chi connectivity index (χ2n) is 8.41. The molecule has 1 unspecified atom stereocenters. The first-order valence-corrected chi connectivity index (χ1v) is 10.6. The molecule has 0 fully saturated rings. The van der Waals surface area contributed by atoms with Gasteiger partial charge in [-0.25, -0.2) is 9.78 Å². The fourth-order valence-corrected chi connectivity index (χ4v) is 3.98. The zero-order valence-corrected chi connectivity index (χ0v) is 18.3. The van der Waals surface area contributed by atoms with Gasteiger partial charge in [0.05, 0.1) is 5.69 Å². The maximum atomic E-state index is 11.3. The highest BCUT2D eigenvalue weighted by atomic mass is 16.4. The Labute approximate surface area is 174 Å². The van der Waals surface area contributed by atoms with Crippen molar-refractivity contribution in [2.75, 3.05) is 0 Å². The molecule has 5 nitrogen and oxygen atoms in total. The van der Waals surface area contributed by atoms with E-state index in [1.54, 1.807) is 12.1 Å². The molecule has 2 aromatic heterocycles. The van der Waals surface area contributed by atoms with Gasteiger partial charge in [0.15, 0.2) is 0 Å². The highest BCUT2D eigenvalue weighted by Gasteiger charge is 2.40. The number of hydrogen-bond donors (Lipinski definition) is 2. The molecule has 5 heteroatoms. The fourth-order valence-electron chi connectivity index (χ4n) is 3.98. The molecule has 0 aliphatic rings. The predicted molar refractivity (Wildman–Crippen MR) is 115 cm³/mol. The van der Waals surface area contributed by atoms with Gasteiger partial charge in [0.25, 0.3) is 0 Å². The third-order valence-electron chi connectivity index (χ3n) is 6.16. The monoisotopic (exact) mass is 398 g/mol. The lowest BCUT2D eigenvalue weighted by Crippen LogP contribution is -2.35. The number of aliphatic hydroxyl groups excluding tert-OH is 1. The van der Waals surface area contributed by atoms with Crippen LogP contribution in [0.2, 0.25) is 0 Å². The van der Waals surface area contributed by atoms with Crippen LogP contribution in [0.15, 0.2) is 36.4 Å². The van der Waals surface area contributed by atoms with Crippen LogP contribution in [0, 0.1) is 0 Å². The van der Waals surface area contributed by atoms with Gasteiger partial charge in [0.2, 0.25) is 0 Å². The Morgan fingerprint density at radius 1 is 1.00 bits per heavy atom. The largest absolute Gasteiger partial charge is 0.477 e. The summed E-state index contributed by atoms with van der Waals surface area (Å²) in [4.78, 5) is 20.5. The minimum absolute atomic E-state index is 0.0499. The van der Waals surface area contributed by atoms with Crippen molar-refractivity contribution in [3.63, 3.8) is 0 Å². The van der Waals surface area contributed by atoms with Crippen LogP contribution in [0.1, 0.15) is 100 Å². The first kappa shape index (κ1) is 23.0. The summed E-state index contributed by atoms with van der Waals surface area (Å²) in [6.45, 7) is 10.7. The quantitative estimate of drug-likeness (QED) is 0.557. The standard InChI is InChI=1S/C24H34N2O3/c1-6-9-16-23(4,5)19-14-11-15-20(26-19)24(7-2,8-3)21(27)17-12-10-13-18(25-17)22(28)29/h10-15,21,27H,6-9,16H2,1-5H3,(H,28,29). The highest BCUT2D eigenvalue weighted by molar-refractivity contribution is 5.85. The van der Waals surface area contributed by atoms with E-state index in [2.05, 4.69) is 31.8 Å². The van der Waals surface area contributed by atoms with E-state index >= 15 is 0 Å². The molecule has 0 aliphatic heterocycles. The summed E-state index contributed by atoms with van der Waals surface area (Å²) in [7, 11) is 0. The highest BCUT2D eigenvalue weighted by Crippen LogP contribution is 2.42. The Hall–Kier alpha value is -2.27. The van der Waals surface area contributed by atoms with Gasteiger partial charge >= 0.3 is 5.97 Å². The SMILES string of the molecule is CCCCC(C)(C)c1cccc(C(CC)(CC)C(O)c2cccc(C(=O)O)n2)n1. The van der Waals surface area contributed by atoms with Crippen LogP contribution in [0.25, 0.3) is 0 Å². The molecule has 2 aromatic rings. The van der Waals surface area contributed by atoms with E-state index in [1.807, 2.05) is 26.0 Å². The number of carbonyl (C=O) groups is 1. The van der Waals surface area contributed by atoms with Gasteiger partial charge in [-0.15, -0.1) is 0 Å². The lowest BCUT2D eigenvalue weighted by Gasteiger charge is -2.37. The summed E-state index contributed by atoms with van der Waals surface area (Å²) in [6.07, 6.45) is 3.71. The van der Waals surface area contributed by atoms with Crippen LogP contribution in [0.5, 0.6) is 0 Å². The molecule has 2 heterocycles. The summed E-state index contributed by atoms with van der Waals surface area (Å²) in [5.74, 6) is -1.10. The molecule has 0 radical (unpaired) electrons. The number of aromatic nitrogens is 2. The average Bonchev–Trinajstić information content (AvgIpc) is 2.73.